The first kappa shape index (κ1) is 44.1. The number of nitrogens with zero attached hydrogens (tertiary/aromatic N) is 1. The highest BCUT2D eigenvalue weighted by Crippen LogP contribution is 2.19. The van der Waals surface area contributed by atoms with E-state index >= 15 is 0 Å². The van der Waals surface area contributed by atoms with Gasteiger partial charge < -0.3 is 0 Å². The van der Waals surface area contributed by atoms with Crippen LogP contribution in [0.15, 0.2) is 66.0 Å². The monoisotopic (exact) mass is 503 g/mol. The highest BCUT2D eigenvalue weighted by molar-refractivity contribution is 5.28. The summed E-state index contributed by atoms with van der Waals surface area (Å²) < 4.78 is 2.12. The van der Waals surface area contributed by atoms with E-state index in [1.54, 1.807) is 11.1 Å². The Morgan fingerprint density at radius 1 is 0.611 bits per heavy atom. The molecule has 1 aliphatic rings. The van der Waals surface area contributed by atoms with Crippen molar-refractivity contribution in [2.24, 2.45) is 0 Å². The SMILES string of the molecule is CC.CC.CC.CC.CCC.CCC(C)=C(C)C.CC[n+]1ccccc1.c1ccc2c(c1)CCCC2. The Labute approximate surface area is 230 Å². The number of hydrogen-bond donors (Lipinski definition) is 0. The van der Waals surface area contributed by atoms with Gasteiger partial charge in [0.2, 0.25) is 0 Å². The molecule has 1 heteroatoms. The van der Waals surface area contributed by atoms with Crippen molar-refractivity contribution in [2.75, 3.05) is 0 Å². The van der Waals surface area contributed by atoms with Gasteiger partial charge in [0.05, 0.1) is 0 Å². The van der Waals surface area contributed by atoms with Gasteiger partial charge in [-0.3, -0.25) is 0 Å². The lowest BCUT2D eigenvalue weighted by Crippen LogP contribution is -2.30. The van der Waals surface area contributed by atoms with E-state index in [0.29, 0.717) is 0 Å². The van der Waals surface area contributed by atoms with Gasteiger partial charge in [0.15, 0.2) is 12.4 Å². The molecule has 0 saturated carbocycles. The van der Waals surface area contributed by atoms with Crippen LogP contribution < -0.4 is 4.57 Å². The first-order chi connectivity index (χ1) is 17.5. The molecule has 0 aliphatic heterocycles. The zero-order chi connectivity index (χ0) is 29.2. The Bertz CT molecular complexity index is 612. The minimum Gasteiger partial charge on any atom is -0.205 e. The van der Waals surface area contributed by atoms with Gasteiger partial charge in [0, 0.05) is 12.1 Å². The average molecular weight is 503 g/mol. The van der Waals surface area contributed by atoms with Gasteiger partial charge in [-0.05, 0) is 70.9 Å². The second-order valence-electron chi connectivity index (χ2n) is 7.52. The summed E-state index contributed by atoms with van der Waals surface area (Å²) in [7, 11) is 0. The fourth-order valence-corrected chi connectivity index (χ4v) is 2.67. The molecule has 0 N–H and O–H groups in total. The summed E-state index contributed by atoms with van der Waals surface area (Å²) in [6.45, 7) is 32.1. The van der Waals surface area contributed by atoms with E-state index in [9.17, 15) is 0 Å². The minimum absolute atomic E-state index is 1.06. The Morgan fingerprint density at radius 3 is 1.19 bits per heavy atom. The van der Waals surface area contributed by atoms with Gasteiger partial charge in [0.1, 0.15) is 6.54 Å². The van der Waals surface area contributed by atoms with Gasteiger partial charge in [0.25, 0.3) is 0 Å². The number of aromatic nitrogens is 1. The molecule has 3 rings (SSSR count). The number of benzene rings is 1. The Morgan fingerprint density at radius 2 is 0.972 bits per heavy atom. The fraction of sp³-hybridized carbons (Fsp3) is 0.629. The number of aryl methyl sites for hydroxylation is 3. The first-order valence-corrected chi connectivity index (χ1v) is 15.1. The van der Waals surface area contributed by atoms with Crippen molar-refractivity contribution >= 4 is 0 Å². The van der Waals surface area contributed by atoms with E-state index < -0.39 is 0 Å². The lowest BCUT2D eigenvalue weighted by atomic mass is 9.92. The molecule has 0 unspecified atom stereocenters. The second-order valence-corrected chi connectivity index (χ2v) is 7.52. The molecule has 2 aromatic rings. The third-order valence-corrected chi connectivity index (χ3v) is 4.79. The number of hydrogen-bond acceptors (Lipinski definition) is 0. The van der Waals surface area contributed by atoms with Gasteiger partial charge in [-0.25, -0.2) is 4.57 Å². The molecule has 0 saturated heterocycles. The van der Waals surface area contributed by atoms with Crippen molar-refractivity contribution in [1.29, 1.82) is 0 Å². The van der Waals surface area contributed by atoms with Crippen LogP contribution in [0.2, 0.25) is 0 Å². The molecule has 36 heavy (non-hydrogen) atoms. The van der Waals surface area contributed by atoms with Gasteiger partial charge in [-0.1, -0.05) is 124 Å². The van der Waals surface area contributed by atoms with Gasteiger partial charge in [-0.15, -0.1) is 0 Å². The van der Waals surface area contributed by atoms with Crippen LogP contribution in [0.5, 0.6) is 0 Å². The van der Waals surface area contributed by atoms with Gasteiger partial charge in [-0.2, -0.15) is 0 Å². The molecule has 0 bridgehead atoms. The van der Waals surface area contributed by atoms with Crippen molar-refractivity contribution in [3.8, 4) is 0 Å². The van der Waals surface area contributed by atoms with Crippen LogP contribution >= 0.6 is 0 Å². The Kier molecular flexibility index (Phi) is 49.4. The maximum absolute atomic E-state index is 2.26. The zero-order valence-electron chi connectivity index (χ0n) is 27.6. The quantitative estimate of drug-likeness (QED) is 0.284. The predicted molar refractivity (Wildman–Crippen MR) is 171 cm³/mol. The summed E-state index contributed by atoms with van der Waals surface area (Å²) in [4.78, 5) is 0. The standard InChI is InChI=1S/C10H12.C7H10N.C7H14.C3H8.4C2H6/c1-2-6-10-8-4-3-7-9(10)5-1;1-2-8-6-4-3-5-7-8;1-5-7(4)6(2)3;1-3-2;4*1-2/h1-2,5-6H,3-4,7-8H2;3-7H,2H2,1H3;5H2,1-4H3;3H2,1-2H3;4*1-2H3/q;+1;;;;;;. The molecule has 0 spiro atoms. The third-order valence-electron chi connectivity index (χ3n) is 4.79. The average Bonchev–Trinajstić information content (AvgIpc) is 2.98. The van der Waals surface area contributed by atoms with Crippen LogP contribution in [-0.2, 0) is 19.4 Å². The smallest absolute Gasteiger partial charge is 0.168 e. The summed E-state index contributed by atoms with van der Waals surface area (Å²) in [5.74, 6) is 0. The number of rotatable bonds is 2. The van der Waals surface area contributed by atoms with E-state index in [1.165, 1.54) is 49.7 Å². The molecular formula is C35H68N+. The molecule has 212 valence electrons. The van der Waals surface area contributed by atoms with Gasteiger partial charge >= 0.3 is 0 Å². The van der Waals surface area contributed by atoms with Crippen molar-refractivity contribution in [3.63, 3.8) is 0 Å². The number of allylic oxidation sites excluding steroid dienone is 2. The van der Waals surface area contributed by atoms with E-state index in [4.69, 9.17) is 0 Å². The van der Waals surface area contributed by atoms with Crippen LogP contribution in [0, 0.1) is 0 Å². The molecule has 0 amide bonds. The van der Waals surface area contributed by atoms with Crippen LogP contribution in [-0.4, -0.2) is 0 Å². The fourth-order valence-electron chi connectivity index (χ4n) is 2.67. The summed E-state index contributed by atoms with van der Waals surface area (Å²) in [6, 6.07) is 14.9. The van der Waals surface area contributed by atoms with Crippen LogP contribution in [0.4, 0.5) is 0 Å². The topological polar surface area (TPSA) is 3.88 Å². The molecule has 1 nitrogen and oxygen atoms in total. The predicted octanol–water partition coefficient (Wildman–Crippen LogP) is 11.8. The summed E-state index contributed by atoms with van der Waals surface area (Å²) >= 11 is 0. The Balaban J connectivity index is -0.000000113. The van der Waals surface area contributed by atoms with Crippen LogP contribution in [0.25, 0.3) is 0 Å². The minimum atomic E-state index is 1.06. The van der Waals surface area contributed by atoms with Crippen molar-refractivity contribution in [3.05, 3.63) is 77.1 Å². The highest BCUT2D eigenvalue weighted by Gasteiger charge is 2.06. The zero-order valence-corrected chi connectivity index (χ0v) is 27.6. The molecule has 1 aliphatic carbocycles. The second kappa shape index (κ2) is 40.3. The first-order valence-electron chi connectivity index (χ1n) is 15.1. The van der Waals surface area contributed by atoms with Crippen LogP contribution in [0.1, 0.15) is 141 Å². The Hall–Kier alpha value is -1.89. The van der Waals surface area contributed by atoms with E-state index in [-0.39, 0.29) is 0 Å². The maximum Gasteiger partial charge on any atom is 0.168 e. The third kappa shape index (κ3) is 30.1. The molecule has 1 heterocycles. The summed E-state index contributed by atoms with van der Waals surface area (Å²) in [5, 5.41) is 0. The molecular weight excluding hydrogens is 434 g/mol. The van der Waals surface area contributed by atoms with Crippen molar-refractivity contribution in [1.82, 2.24) is 0 Å². The summed E-state index contributed by atoms with van der Waals surface area (Å²) in [5.41, 5.74) is 6.13. The van der Waals surface area contributed by atoms with E-state index in [1.807, 2.05) is 73.6 Å². The number of fused-ring (bicyclic) bond motifs is 1. The van der Waals surface area contributed by atoms with E-state index in [2.05, 4.69) is 89.7 Å². The molecule has 1 aromatic carbocycles. The van der Waals surface area contributed by atoms with Crippen LogP contribution in [0.3, 0.4) is 0 Å². The highest BCUT2D eigenvalue weighted by atomic mass is 14.9. The van der Waals surface area contributed by atoms with Crippen molar-refractivity contribution < 1.29 is 4.57 Å². The molecule has 0 radical (unpaired) electrons. The molecule has 0 fully saturated rings. The lowest BCUT2D eigenvalue weighted by Gasteiger charge is -2.13. The van der Waals surface area contributed by atoms with Crippen molar-refractivity contribution in [2.45, 2.75) is 149 Å². The molecule has 0 atom stereocenters. The largest absolute Gasteiger partial charge is 0.205 e. The van der Waals surface area contributed by atoms with E-state index in [0.717, 1.165) is 6.54 Å². The normalized spacial score (nSPS) is 9.42. The lowest BCUT2D eigenvalue weighted by molar-refractivity contribution is -0.693. The maximum atomic E-state index is 2.26. The summed E-state index contributed by atoms with van der Waals surface area (Å²) in [6.07, 6.45) is 11.9. The number of pyridine rings is 1. The molecule has 1 aromatic heterocycles.